The van der Waals surface area contributed by atoms with Gasteiger partial charge in [0.1, 0.15) is 0 Å². The number of halogens is 3. The number of alkyl halides is 3. The number of fused-ring (bicyclic) bond motifs is 1. The summed E-state index contributed by atoms with van der Waals surface area (Å²) in [6.45, 7) is 3.64. The van der Waals surface area contributed by atoms with E-state index >= 15 is 0 Å². The summed E-state index contributed by atoms with van der Waals surface area (Å²) in [5.41, 5.74) is 0.395. The number of hydrogen-bond acceptors (Lipinski definition) is 3. The van der Waals surface area contributed by atoms with Gasteiger partial charge < -0.3 is 14.7 Å². The number of anilines is 1. The maximum atomic E-state index is 13.9. The summed E-state index contributed by atoms with van der Waals surface area (Å²) in [5.74, 6) is 4.77. The lowest BCUT2D eigenvalue weighted by Crippen LogP contribution is -2.30. The van der Waals surface area contributed by atoms with Crippen LogP contribution in [0.25, 0.3) is 0 Å². The van der Waals surface area contributed by atoms with Crippen molar-refractivity contribution in [2.75, 3.05) is 31.6 Å². The second-order valence-corrected chi connectivity index (χ2v) is 8.87. The van der Waals surface area contributed by atoms with Gasteiger partial charge in [0.15, 0.2) is 0 Å². The van der Waals surface area contributed by atoms with Gasteiger partial charge in [-0.15, -0.1) is 0 Å². The van der Waals surface area contributed by atoms with Crippen LogP contribution in [0.2, 0.25) is 0 Å². The molecule has 1 fully saturated rings. The fourth-order valence-electron chi connectivity index (χ4n) is 4.80. The second kappa shape index (κ2) is 9.51. The molecule has 5 nitrogen and oxygen atoms in total. The number of rotatable bonds is 5. The molecule has 2 heterocycles. The van der Waals surface area contributed by atoms with Crippen LogP contribution in [0.4, 0.5) is 18.9 Å². The average Bonchev–Trinajstić information content (AvgIpc) is 3.38. The molecule has 0 N–H and O–H groups in total. The molecule has 2 aliphatic heterocycles. The first-order valence-corrected chi connectivity index (χ1v) is 11.2. The highest BCUT2D eigenvalue weighted by Gasteiger charge is 2.40. The van der Waals surface area contributed by atoms with E-state index in [1.54, 1.807) is 48.2 Å². The molecule has 34 heavy (non-hydrogen) atoms. The molecule has 0 unspecified atom stereocenters. The number of para-hydroxylation sites is 1. The minimum atomic E-state index is -4.56. The number of benzene rings is 2. The summed E-state index contributed by atoms with van der Waals surface area (Å²) in [5, 5.41) is 0. The molecular weight excluding hydrogens is 443 g/mol. The summed E-state index contributed by atoms with van der Waals surface area (Å²) in [6.07, 6.45) is -3.73. The third-order valence-corrected chi connectivity index (χ3v) is 6.30. The smallest absolute Gasteiger partial charge is 0.332 e. The van der Waals surface area contributed by atoms with E-state index < -0.39 is 17.6 Å². The predicted octanol–water partition coefficient (Wildman–Crippen LogP) is 4.17. The highest BCUT2D eigenvalue weighted by molar-refractivity contribution is 6.10. The molecule has 2 aromatic rings. The molecule has 4 rings (SSSR count). The number of hydrogen-bond donors (Lipinski definition) is 0. The molecule has 0 bridgehead atoms. The van der Waals surface area contributed by atoms with Crippen molar-refractivity contribution in [3.63, 3.8) is 0 Å². The van der Waals surface area contributed by atoms with Gasteiger partial charge in [0.05, 0.1) is 12.1 Å². The Kier molecular flexibility index (Phi) is 6.67. The van der Waals surface area contributed by atoms with Crippen LogP contribution < -0.4 is 4.90 Å². The molecule has 2 amide bonds. The van der Waals surface area contributed by atoms with E-state index in [9.17, 15) is 22.8 Å². The van der Waals surface area contributed by atoms with Crippen molar-refractivity contribution in [1.29, 1.82) is 0 Å². The summed E-state index contributed by atoms with van der Waals surface area (Å²) in [4.78, 5) is 30.0. The third kappa shape index (κ3) is 4.95. The molecule has 0 saturated carbocycles. The fraction of sp³-hybridized carbons (Fsp3) is 0.385. The van der Waals surface area contributed by atoms with Gasteiger partial charge in [-0.25, -0.2) is 0 Å². The monoisotopic (exact) mass is 469 g/mol. The SMILES string of the molecule is CC#CC(=O)N1CC[C@H](CN(C)Cc2cc3c(c(C(F)(F)F)c2)CN(c2ccccc2)C3=O)C1. The Bertz CT molecular complexity index is 1150. The molecule has 2 aromatic carbocycles. The Morgan fingerprint density at radius 3 is 2.62 bits per heavy atom. The van der Waals surface area contributed by atoms with Crippen molar-refractivity contribution >= 4 is 17.5 Å². The third-order valence-electron chi connectivity index (χ3n) is 6.30. The number of nitrogens with zero attached hydrogens (tertiary/aromatic N) is 3. The summed E-state index contributed by atoms with van der Waals surface area (Å²) in [6, 6.07) is 11.5. The molecule has 1 saturated heterocycles. The predicted molar refractivity (Wildman–Crippen MR) is 123 cm³/mol. The first-order chi connectivity index (χ1) is 16.2. The largest absolute Gasteiger partial charge is 0.416 e. The van der Waals surface area contributed by atoms with Crippen molar-refractivity contribution in [1.82, 2.24) is 9.80 Å². The van der Waals surface area contributed by atoms with Crippen molar-refractivity contribution in [2.45, 2.75) is 32.6 Å². The second-order valence-electron chi connectivity index (χ2n) is 8.87. The van der Waals surface area contributed by atoms with E-state index in [2.05, 4.69) is 11.8 Å². The van der Waals surface area contributed by atoms with E-state index in [4.69, 9.17) is 0 Å². The number of amides is 2. The van der Waals surface area contributed by atoms with Gasteiger partial charge in [-0.3, -0.25) is 9.59 Å². The maximum absolute atomic E-state index is 13.9. The van der Waals surface area contributed by atoms with Gasteiger partial charge >= 0.3 is 6.18 Å². The lowest BCUT2D eigenvalue weighted by Gasteiger charge is -2.22. The molecular formula is C26H26F3N3O2. The van der Waals surface area contributed by atoms with Crippen LogP contribution in [0.3, 0.4) is 0 Å². The Labute approximate surface area is 197 Å². The lowest BCUT2D eigenvalue weighted by atomic mass is 9.98. The summed E-state index contributed by atoms with van der Waals surface area (Å²) >= 11 is 0. The quantitative estimate of drug-likeness (QED) is 0.618. The highest BCUT2D eigenvalue weighted by Crippen LogP contribution is 2.39. The fourth-order valence-corrected chi connectivity index (χ4v) is 4.80. The summed E-state index contributed by atoms with van der Waals surface area (Å²) in [7, 11) is 1.84. The van der Waals surface area contributed by atoms with Gasteiger partial charge in [0.2, 0.25) is 0 Å². The van der Waals surface area contributed by atoms with Gasteiger partial charge in [0, 0.05) is 37.4 Å². The minimum Gasteiger partial charge on any atom is -0.332 e. The highest BCUT2D eigenvalue weighted by atomic mass is 19.4. The maximum Gasteiger partial charge on any atom is 0.416 e. The van der Waals surface area contributed by atoms with E-state index in [0.717, 1.165) is 6.42 Å². The van der Waals surface area contributed by atoms with Crippen molar-refractivity contribution in [3.05, 3.63) is 64.7 Å². The van der Waals surface area contributed by atoms with Crippen LogP contribution in [0.1, 0.15) is 40.4 Å². The van der Waals surface area contributed by atoms with Gasteiger partial charge in [0.25, 0.3) is 11.8 Å². The molecule has 8 heteroatoms. The van der Waals surface area contributed by atoms with Gasteiger partial charge in [-0.2, -0.15) is 13.2 Å². The van der Waals surface area contributed by atoms with Crippen molar-refractivity contribution < 1.29 is 22.8 Å². The zero-order chi connectivity index (χ0) is 24.5. The molecule has 0 aliphatic carbocycles. The van der Waals surface area contributed by atoms with Crippen LogP contribution in [-0.4, -0.2) is 48.3 Å². The zero-order valence-corrected chi connectivity index (χ0v) is 19.2. The van der Waals surface area contributed by atoms with E-state index in [1.807, 2.05) is 11.9 Å². The molecule has 0 aromatic heterocycles. The Morgan fingerprint density at radius 1 is 1.21 bits per heavy atom. The van der Waals surface area contributed by atoms with E-state index in [1.165, 1.54) is 11.0 Å². The van der Waals surface area contributed by atoms with Crippen molar-refractivity contribution in [3.8, 4) is 11.8 Å². The topological polar surface area (TPSA) is 43.9 Å². The molecule has 0 spiro atoms. The normalized spacial score (nSPS) is 17.7. The molecule has 2 aliphatic rings. The first-order valence-electron chi connectivity index (χ1n) is 11.2. The van der Waals surface area contributed by atoms with E-state index in [-0.39, 0.29) is 36.0 Å². The van der Waals surface area contributed by atoms with Crippen LogP contribution >= 0.6 is 0 Å². The Hall–Kier alpha value is -3.31. The average molecular weight is 470 g/mol. The minimum absolute atomic E-state index is 0.0229. The number of carbonyl (C=O) groups excluding carboxylic acids is 2. The zero-order valence-electron chi connectivity index (χ0n) is 19.2. The molecule has 0 radical (unpaired) electrons. The molecule has 1 atom stereocenters. The number of likely N-dealkylation sites (tertiary alicyclic amines) is 1. The van der Waals surface area contributed by atoms with Crippen LogP contribution in [0.5, 0.6) is 0 Å². The van der Waals surface area contributed by atoms with Crippen LogP contribution in [0.15, 0.2) is 42.5 Å². The lowest BCUT2D eigenvalue weighted by molar-refractivity contribution is -0.138. The summed E-state index contributed by atoms with van der Waals surface area (Å²) < 4.78 is 41.8. The van der Waals surface area contributed by atoms with Crippen molar-refractivity contribution in [2.24, 2.45) is 5.92 Å². The van der Waals surface area contributed by atoms with E-state index in [0.29, 0.717) is 30.9 Å². The van der Waals surface area contributed by atoms with Gasteiger partial charge in [-0.05, 0) is 67.6 Å². The Balaban J connectivity index is 1.52. The molecule has 178 valence electrons. The standard InChI is InChI=1S/C26H26F3N3O2/c1-3-7-24(33)31-11-10-18(16-31)14-30(2)15-19-12-21-22(23(13-19)26(27,28)29)17-32(25(21)34)20-8-5-4-6-9-20/h4-6,8-9,12-13,18H,10-11,14-17H2,1-2H3/t18-/m1/s1. The van der Waals surface area contributed by atoms with Crippen LogP contribution in [-0.2, 0) is 24.1 Å². The van der Waals surface area contributed by atoms with Gasteiger partial charge in [-0.1, -0.05) is 24.1 Å². The van der Waals surface area contributed by atoms with Crippen LogP contribution in [0, 0.1) is 17.8 Å². The Morgan fingerprint density at radius 2 is 1.94 bits per heavy atom. The number of carbonyl (C=O) groups is 2. The first kappa shape index (κ1) is 23.8.